The molecule has 0 aliphatic carbocycles. The normalized spacial score (nSPS) is 17.7. The standard InChI is InChI=1S/C11H13N5O2/c1-7(11(17)18)8-4-16(5-8)9-10-14-13-6-15(10)3-2-12-9/h2-3,6-8H,4-5H2,1H3,(H,17,18). The first-order valence-electron chi connectivity index (χ1n) is 5.79. The smallest absolute Gasteiger partial charge is 0.306 e. The summed E-state index contributed by atoms with van der Waals surface area (Å²) in [6.45, 7) is 3.15. The van der Waals surface area contributed by atoms with E-state index >= 15 is 0 Å². The van der Waals surface area contributed by atoms with Crippen molar-refractivity contribution in [2.24, 2.45) is 11.8 Å². The Labute approximate surface area is 103 Å². The zero-order valence-electron chi connectivity index (χ0n) is 9.89. The van der Waals surface area contributed by atoms with Crippen molar-refractivity contribution in [1.29, 1.82) is 0 Å². The lowest BCUT2D eigenvalue weighted by Gasteiger charge is -2.41. The SMILES string of the molecule is CC(C(=O)O)C1CN(c2nccn3cnnc23)C1. The minimum Gasteiger partial charge on any atom is -0.481 e. The Morgan fingerprint density at radius 3 is 3.06 bits per heavy atom. The summed E-state index contributed by atoms with van der Waals surface area (Å²) in [5.41, 5.74) is 0.707. The molecule has 2 aromatic rings. The molecule has 0 amide bonds. The van der Waals surface area contributed by atoms with E-state index < -0.39 is 5.97 Å². The molecule has 1 fully saturated rings. The van der Waals surface area contributed by atoms with Crippen molar-refractivity contribution in [3.63, 3.8) is 0 Å². The highest BCUT2D eigenvalue weighted by molar-refractivity contribution is 5.71. The molecule has 3 heterocycles. The number of fused-ring (bicyclic) bond motifs is 1. The third-order valence-corrected chi connectivity index (χ3v) is 3.50. The molecule has 1 aliphatic rings. The molecule has 94 valence electrons. The van der Waals surface area contributed by atoms with Gasteiger partial charge in [-0.05, 0) is 0 Å². The average molecular weight is 247 g/mol. The number of aliphatic carboxylic acids is 1. The Kier molecular flexibility index (Phi) is 2.39. The van der Waals surface area contributed by atoms with Crippen LogP contribution < -0.4 is 4.90 Å². The summed E-state index contributed by atoms with van der Waals surface area (Å²) in [6.07, 6.45) is 5.10. The van der Waals surface area contributed by atoms with Crippen LogP contribution >= 0.6 is 0 Å². The van der Waals surface area contributed by atoms with E-state index in [0.717, 1.165) is 5.82 Å². The summed E-state index contributed by atoms with van der Waals surface area (Å²) in [5, 5.41) is 16.8. The van der Waals surface area contributed by atoms with Gasteiger partial charge in [-0.25, -0.2) is 4.98 Å². The third-order valence-electron chi connectivity index (χ3n) is 3.50. The fourth-order valence-corrected chi connectivity index (χ4v) is 2.17. The van der Waals surface area contributed by atoms with Gasteiger partial charge in [-0.3, -0.25) is 9.20 Å². The summed E-state index contributed by atoms with van der Waals surface area (Å²) in [6, 6.07) is 0. The molecule has 1 saturated heterocycles. The third kappa shape index (κ3) is 1.59. The van der Waals surface area contributed by atoms with Crippen LogP contribution in [0.25, 0.3) is 5.65 Å². The number of rotatable bonds is 3. The van der Waals surface area contributed by atoms with Crippen molar-refractivity contribution in [2.75, 3.05) is 18.0 Å². The summed E-state index contributed by atoms with van der Waals surface area (Å²) in [5.74, 6) is -0.122. The van der Waals surface area contributed by atoms with Crippen LogP contribution in [0.2, 0.25) is 0 Å². The van der Waals surface area contributed by atoms with E-state index in [1.54, 1.807) is 30.0 Å². The lowest BCUT2D eigenvalue weighted by Crippen LogP contribution is -2.51. The number of anilines is 1. The number of carboxylic acids is 1. The van der Waals surface area contributed by atoms with Crippen LogP contribution in [-0.2, 0) is 4.79 Å². The Morgan fingerprint density at radius 1 is 1.56 bits per heavy atom. The number of carbonyl (C=O) groups is 1. The molecule has 0 aromatic carbocycles. The lowest BCUT2D eigenvalue weighted by atomic mass is 9.87. The maximum Gasteiger partial charge on any atom is 0.306 e. The van der Waals surface area contributed by atoms with Crippen molar-refractivity contribution in [1.82, 2.24) is 19.6 Å². The second-order valence-corrected chi connectivity index (χ2v) is 4.60. The van der Waals surface area contributed by atoms with E-state index in [4.69, 9.17) is 5.11 Å². The van der Waals surface area contributed by atoms with Gasteiger partial charge in [0, 0.05) is 31.4 Å². The van der Waals surface area contributed by atoms with E-state index in [1.165, 1.54) is 0 Å². The highest BCUT2D eigenvalue weighted by Gasteiger charge is 2.36. The molecule has 1 atom stereocenters. The number of hydrogen-bond donors (Lipinski definition) is 1. The highest BCUT2D eigenvalue weighted by atomic mass is 16.4. The predicted octanol–water partition coefficient (Wildman–Crippen LogP) is 0.281. The molecule has 7 heteroatoms. The van der Waals surface area contributed by atoms with E-state index in [0.29, 0.717) is 18.7 Å². The second-order valence-electron chi connectivity index (χ2n) is 4.60. The number of hydrogen-bond acceptors (Lipinski definition) is 5. The largest absolute Gasteiger partial charge is 0.481 e. The van der Waals surface area contributed by atoms with Gasteiger partial charge in [0.1, 0.15) is 6.33 Å². The van der Waals surface area contributed by atoms with Crippen molar-refractivity contribution >= 4 is 17.4 Å². The van der Waals surface area contributed by atoms with Crippen molar-refractivity contribution < 1.29 is 9.90 Å². The molecular weight excluding hydrogens is 234 g/mol. The van der Waals surface area contributed by atoms with Gasteiger partial charge in [0.05, 0.1) is 5.92 Å². The van der Waals surface area contributed by atoms with E-state index in [1.807, 2.05) is 4.90 Å². The van der Waals surface area contributed by atoms with Crippen LogP contribution in [-0.4, -0.2) is 43.7 Å². The highest BCUT2D eigenvalue weighted by Crippen LogP contribution is 2.29. The van der Waals surface area contributed by atoms with Gasteiger partial charge in [0.15, 0.2) is 5.82 Å². The van der Waals surface area contributed by atoms with Gasteiger partial charge in [-0.15, -0.1) is 10.2 Å². The molecule has 0 radical (unpaired) electrons. The number of nitrogens with zero attached hydrogens (tertiary/aromatic N) is 5. The Morgan fingerprint density at radius 2 is 2.33 bits per heavy atom. The fraction of sp³-hybridized carbons (Fsp3) is 0.455. The van der Waals surface area contributed by atoms with Crippen LogP contribution in [0.15, 0.2) is 18.7 Å². The van der Waals surface area contributed by atoms with E-state index in [-0.39, 0.29) is 11.8 Å². The maximum absolute atomic E-state index is 10.9. The number of aromatic nitrogens is 4. The Bertz CT molecular complexity index is 590. The van der Waals surface area contributed by atoms with Crippen LogP contribution in [0.4, 0.5) is 5.82 Å². The monoisotopic (exact) mass is 247 g/mol. The molecule has 0 spiro atoms. The number of carboxylic acid groups (broad SMARTS) is 1. The van der Waals surface area contributed by atoms with Crippen LogP contribution in [0, 0.1) is 11.8 Å². The van der Waals surface area contributed by atoms with Gasteiger partial charge in [-0.1, -0.05) is 6.92 Å². The zero-order chi connectivity index (χ0) is 12.7. The molecule has 3 rings (SSSR count). The summed E-state index contributed by atoms with van der Waals surface area (Å²) in [7, 11) is 0. The van der Waals surface area contributed by atoms with Crippen LogP contribution in [0.5, 0.6) is 0 Å². The quantitative estimate of drug-likeness (QED) is 0.838. The average Bonchev–Trinajstić information content (AvgIpc) is 2.75. The molecule has 0 bridgehead atoms. The van der Waals surface area contributed by atoms with Gasteiger partial charge < -0.3 is 10.0 Å². The van der Waals surface area contributed by atoms with Crippen molar-refractivity contribution in [3.8, 4) is 0 Å². The zero-order valence-corrected chi connectivity index (χ0v) is 9.89. The van der Waals surface area contributed by atoms with Gasteiger partial charge >= 0.3 is 5.97 Å². The first-order chi connectivity index (χ1) is 8.66. The first-order valence-corrected chi connectivity index (χ1v) is 5.79. The molecule has 1 unspecified atom stereocenters. The summed E-state index contributed by atoms with van der Waals surface area (Å²) >= 11 is 0. The summed E-state index contributed by atoms with van der Waals surface area (Å²) in [4.78, 5) is 17.2. The topological polar surface area (TPSA) is 83.6 Å². The van der Waals surface area contributed by atoms with Gasteiger partial charge in [-0.2, -0.15) is 0 Å². The Balaban J connectivity index is 1.79. The van der Waals surface area contributed by atoms with Crippen LogP contribution in [0.3, 0.4) is 0 Å². The van der Waals surface area contributed by atoms with E-state index in [2.05, 4.69) is 15.2 Å². The van der Waals surface area contributed by atoms with Crippen molar-refractivity contribution in [2.45, 2.75) is 6.92 Å². The molecule has 0 saturated carbocycles. The maximum atomic E-state index is 10.9. The fourth-order valence-electron chi connectivity index (χ4n) is 2.17. The van der Waals surface area contributed by atoms with Crippen molar-refractivity contribution in [3.05, 3.63) is 18.7 Å². The minimum absolute atomic E-state index is 0.174. The lowest BCUT2D eigenvalue weighted by molar-refractivity contribution is -0.143. The van der Waals surface area contributed by atoms with Crippen LogP contribution in [0.1, 0.15) is 6.92 Å². The Hall–Kier alpha value is -2.18. The molecule has 7 nitrogen and oxygen atoms in total. The van der Waals surface area contributed by atoms with E-state index in [9.17, 15) is 4.79 Å². The van der Waals surface area contributed by atoms with Gasteiger partial charge in [0.2, 0.25) is 5.65 Å². The molecule has 2 aromatic heterocycles. The molecule has 18 heavy (non-hydrogen) atoms. The van der Waals surface area contributed by atoms with Gasteiger partial charge in [0.25, 0.3) is 0 Å². The second kappa shape index (κ2) is 3.94. The molecular formula is C11H13N5O2. The molecule has 1 aliphatic heterocycles. The molecule has 1 N–H and O–H groups in total. The predicted molar refractivity (Wildman–Crippen MR) is 63.3 cm³/mol. The minimum atomic E-state index is -0.742. The first kappa shape index (κ1) is 10.9. The summed E-state index contributed by atoms with van der Waals surface area (Å²) < 4.78 is 1.80.